The van der Waals surface area contributed by atoms with Crippen molar-refractivity contribution < 1.29 is 14.3 Å². The third kappa shape index (κ3) is 4.03. The molecule has 0 spiro atoms. The second-order valence-corrected chi connectivity index (χ2v) is 7.11. The summed E-state index contributed by atoms with van der Waals surface area (Å²) in [6.07, 6.45) is 1.47. The topological polar surface area (TPSA) is 64.8 Å². The smallest absolute Gasteiger partial charge is 0.239 e. The first-order chi connectivity index (χ1) is 11.6. The van der Waals surface area contributed by atoms with E-state index in [0.717, 1.165) is 18.4 Å². The van der Waals surface area contributed by atoms with Gasteiger partial charge in [0.05, 0.1) is 29.2 Å². The summed E-state index contributed by atoms with van der Waals surface area (Å²) >= 11 is 12.0. The van der Waals surface area contributed by atoms with E-state index in [1.165, 1.54) is 0 Å². The summed E-state index contributed by atoms with van der Waals surface area (Å²) in [7, 11) is 0. The molecular weight excluding hydrogens is 351 g/mol. The fourth-order valence-corrected chi connectivity index (χ4v) is 3.56. The van der Waals surface area contributed by atoms with E-state index >= 15 is 0 Å². The monoisotopic (exact) mass is 372 g/mol. The predicted octanol–water partition coefficient (Wildman–Crippen LogP) is 2.65. The molecule has 2 aliphatic heterocycles. The summed E-state index contributed by atoms with van der Waals surface area (Å²) < 4.78 is 11.2. The van der Waals surface area contributed by atoms with Crippen molar-refractivity contribution in [1.29, 1.82) is 0 Å². The number of nitrogens with zero attached hydrogens (tertiary/aromatic N) is 1. The highest BCUT2D eigenvalue weighted by Crippen LogP contribution is 2.29. The molecule has 2 fully saturated rings. The zero-order chi connectivity index (χ0) is 17.1. The Balaban J connectivity index is 1.65. The van der Waals surface area contributed by atoms with Crippen molar-refractivity contribution in [2.45, 2.75) is 25.0 Å². The molecule has 0 saturated carbocycles. The van der Waals surface area contributed by atoms with Crippen LogP contribution in [0.25, 0.3) is 0 Å². The van der Waals surface area contributed by atoms with Crippen LogP contribution in [-0.4, -0.2) is 49.8 Å². The predicted molar refractivity (Wildman–Crippen MR) is 93.3 cm³/mol. The number of carbonyl (C=O) groups is 1. The lowest BCUT2D eigenvalue weighted by molar-refractivity contribution is -0.142. The van der Waals surface area contributed by atoms with E-state index in [1.54, 1.807) is 17.0 Å². The van der Waals surface area contributed by atoms with Crippen molar-refractivity contribution in [3.05, 3.63) is 33.8 Å². The highest BCUT2D eigenvalue weighted by atomic mass is 35.5. The van der Waals surface area contributed by atoms with Gasteiger partial charge in [0.1, 0.15) is 6.10 Å². The molecule has 1 amide bonds. The number of carbonyl (C=O) groups excluding carboxylic acids is 1. The molecule has 2 aliphatic rings. The maximum absolute atomic E-state index is 12.8. The number of hydrogen-bond acceptors (Lipinski definition) is 4. The highest BCUT2D eigenvalue weighted by Gasteiger charge is 2.33. The van der Waals surface area contributed by atoms with Crippen LogP contribution in [0, 0.1) is 5.92 Å². The number of hydrogen-bond donors (Lipinski definition) is 1. The minimum absolute atomic E-state index is 0.00439. The van der Waals surface area contributed by atoms with Crippen molar-refractivity contribution in [3.63, 3.8) is 0 Å². The quantitative estimate of drug-likeness (QED) is 0.885. The van der Waals surface area contributed by atoms with Crippen LogP contribution in [0.5, 0.6) is 0 Å². The van der Waals surface area contributed by atoms with E-state index in [-0.39, 0.29) is 17.9 Å². The summed E-state index contributed by atoms with van der Waals surface area (Å²) in [4.78, 5) is 14.6. The molecule has 0 bridgehead atoms. The Labute approximate surface area is 152 Å². The van der Waals surface area contributed by atoms with Crippen LogP contribution in [0.4, 0.5) is 0 Å². The van der Waals surface area contributed by atoms with Crippen LogP contribution in [0.2, 0.25) is 10.0 Å². The molecule has 0 radical (unpaired) electrons. The molecule has 0 aliphatic carbocycles. The van der Waals surface area contributed by atoms with Gasteiger partial charge in [-0.15, -0.1) is 0 Å². The molecule has 1 aromatic rings. The van der Waals surface area contributed by atoms with E-state index in [2.05, 4.69) is 0 Å². The lowest BCUT2D eigenvalue weighted by Crippen LogP contribution is -2.52. The van der Waals surface area contributed by atoms with Crippen LogP contribution in [-0.2, 0) is 14.3 Å². The number of halogens is 2. The maximum Gasteiger partial charge on any atom is 0.239 e. The summed E-state index contributed by atoms with van der Waals surface area (Å²) in [6, 6.07) is 4.95. The zero-order valence-electron chi connectivity index (χ0n) is 13.4. The first kappa shape index (κ1) is 18.0. The van der Waals surface area contributed by atoms with E-state index in [0.29, 0.717) is 43.0 Å². The minimum atomic E-state index is -0.471. The van der Waals surface area contributed by atoms with Crippen LogP contribution in [0.3, 0.4) is 0 Å². The largest absolute Gasteiger partial charge is 0.381 e. The first-order valence-electron chi connectivity index (χ1n) is 8.25. The van der Waals surface area contributed by atoms with Crippen LogP contribution >= 0.6 is 23.2 Å². The minimum Gasteiger partial charge on any atom is -0.381 e. The van der Waals surface area contributed by atoms with Crippen molar-refractivity contribution in [1.82, 2.24) is 4.90 Å². The molecule has 7 heteroatoms. The van der Waals surface area contributed by atoms with Crippen molar-refractivity contribution in [2.75, 3.05) is 32.9 Å². The molecule has 2 N–H and O–H groups in total. The second kappa shape index (κ2) is 8.02. The van der Waals surface area contributed by atoms with E-state index < -0.39 is 6.04 Å². The van der Waals surface area contributed by atoms with E-state index in [9.17, 15) is 4.79 Å². The molecule has 1 aromatic carbocycles. The van der Waals surface area contributed by atoms with E-state index in [1.807, 2.05) is 6.07 Å². The summed E-state index contributed by atoms with van der Waals surface area (Å²) in [6.45, 7) is 2.89. The van der Waals surface area contributed by atoms with Crippen LogP contribution < -0.4 is 5.73 Å². The zero-order valence-corrected chi connectivity index (χ0v) is 14.9. The lowest BCUT2D eigenvalue weighted by atomic mass is 9.91. The van der Waals surface area contributed by atoms with Gasteiger partial charge < -0.3 is 20.1 Å². The molecule has 24 heavy (non-hydrogen) atoms. The number of morpholine rings is 1. The molecule has 2 atom stereocenters. The molecule has 5 nitrogen and oxygen atoms in total. The molecular formula is C17H22Cl2N2O3. The fourth-order valence-electron chi connectivity index (χ4n) is 3.25. The van der Waals surface area contributed by atoms with Crippen LogP contribution in [0.15, 0.2) is 18.2 Å². The van der Waals surface area contributed by atoms with Gasteiger partial charge in [-0.05, 0) is 36.5 Å². The fraction of sp³-hybridized carbons (Fsp3) is 0.588. The Morgan fingerprint density at radius 2 is 1.96 bits per heavy atom. The number of benzene rings is 1. The third-order valence-corrected chi connectivity index (χ3v) is 5.49. The number of nitrogens with two attached hydrogens (primary N) is 1. The van der Waals surface area contributed by atoms with Gasteiger partial charge in [-0.2, -0.15) is 0 Å². The molecule has 2 saturated heterocycles. The molecule has 3 rings (SSSR count). The number of rotatable bonds is 3. The SMILES string of the molecule is NC(C(=O)N1CCOC(c2ccc(Cl)c(Cl)c2)C1)C1CCOCC1. The molecule has 2 unspecified atom stereocenters. The number of amides is 1. The Morgan fingerprint density at radius 1 is 1.21 bits per heavy atom. The Kier molecular flexibility index (Phi) is 6.00. The Hall–Kier alpha value is -0.850. The normalized spacial score (nSPS) is 24.0. The van der Waals surface area contributed by atoms with Crippen molar-refractivity contribution >= 4 is 29.1 Å². The summed E-state index contributed by atoms with van der Waals surface area (Å²) in [5.41, 5.74) is 7.14. The summed E-state index contributed by atoms with van der Waals surface area (Å²) in [5.74, 6) is 0.188. The highest BCUT2D eigenvalue weighted by molar-refractivity contribution is 6.42. The second-order valence-electron chi connectivity index (χ2n) is 6.29. The Bertz CT molecular complexity index is 593. The van der Waals surface area contributed by atoms with E-state index in [4.69, 9.17) is 38.4 Å². The maximum atomic E-state index is 12.8. The number of ether oxygens (including phenoxy) is 2. The standard InChI is InChI=1S/C17H22Cl2N2O3/c18-13-2-1-12(9-14(13)19)15-10-21(5-8-24-15)17(22)16(20)11-3-6-23-7-4-11/h1-2,9,11,15-16H,3-8,10,20H2. The Morgan fingerprint density at radius 3 is 2.67 bits per heavy atom. The average Bonchev–Trinajstić information content (AvgIpc) is 2.63. The van der Waals surface area contributed by atoms with Crippen molar-refractivity contribution in [2.24, 2.45) is 11.7 Å². The average molecular weight is 373 g/mol. The lowest BCUT2D eigenvalue weighted by Gasteiger charge is -2.36. The van der Waals surface area contributed by atoms with Gasteiger partial charge in [0.15, 0.2) is 0 Å². The van der Waals surface area contributed by atoms with Gasteiger partial charge in [-0.1, -0.05) is 29.3 Å². The van der Waals surface area contributed by atoms with Gasteiger partial charge in [-0.3, -0.25) is 4.79 Å². The van der Waals surface area contributed by atoms with Crippen LogP contribution in [0.1, 0.15) is 24.5 Å². The first-order valence-corrected chi connectivity index (χ1v) is 9.00. The third-order valence-electron chi connectivity index (χ3n) is 4.75. The summed E-state index contributed by atoms with van der Waals surface area (Å²) in [5, 5.41) is 0.992. The van der Waals surface area contributed by atoms with Gasteiger partial charge in [0.2, 0.25) is 5.91 Å². The van der Waals surface area contributed by atoms with Gasteiger partial charge in [0.25, 0.3) is 0 Å². The van der Waals surface area contributed by atoms with Crippen molar-refractivity contribution in [3.8, 4) is 0 Å². The molecule has 0 aromatic heterocycles. The van der Waals surface area contributed by atoms with Gasteiger partial charge >= 0.3 is 0 Å². The molecule has 2 heterocycles. The molecule has 132 valence electrons. The van der Waals surface area contributed by atoms with Gasteiger partial charge in [-0.25, -0.2) is 0 Å². The van der Waals surface area contributed by atoms with Gasteiger partial charge in [0, 0.05) is 19.8 Å².